The van der Waals surface area contributed by atoms with Crippen molar-refractivity contribution in [1.29, 1.82) is 0 Å². The Morgan fingerprint density at radius 3 is 2.39 bits per heavy atom. The molecule has 0 aliphatic carbocycles. The minimum atomic E-state index is -4.46. The predicted octanol–water partition coefficient (Wildman–Crippen LogP) is 1.64. The number of aryl methyl sites for hydroxylation is 1. The molecule has 0 bridgehead atoms. The van der Waals surface area contributed by atoms with Crippen LogP contribution in [-0.4, -0.2) is 64.1 Å². The monoisotopic (exact) mass is 599 g/mol. The molecule has 202 valence electrons. The average Bonchev–Trinajstić information content (AvgIpc) is 3.44. The summed E-state index contributed by atoms with van der Waals surface area (Å²) in [6.45, 7) is 1.37. The van der Waals surface area contributed by atoms with E-state index in [1.54, 1.807) is 13.0 Å². The highest BCUT2D eigenvalue weighted by atomic mass is 32.3. The summed E-state index contributed by atoms with van der Waals surface area (Å²) in [4.78, 5) is 28.0. The predicted molar refractivity (Wildman–Crippen MR) is 134 cm³/mol. The van der Waals surface area contributed by atoms with E-state index in [1.807, 2.05) is 4.72 Å². The second-order valence-corrected chi connectivity index (χ2v) is 15.3. The zero-order valence-corrected chi connectivity index (χ0v) is 22.9. The van der Waals surface area contributed by atoms with E-state index in [1.165, 1.54) is 36.5 Å². The van der Waals surface area contributed by atoms with Gasteiger partial charge in [0, 0.05) is 12.7 Å². The lowest BCUT2D eigenvalue weighted by Crippen LogP contribution is -2.41. The number of sulfone groups is 1. The molecule has 2 aromatic heterocycles. The zero-order valence-electron chi connectivity index (χ0n) is 19.6. The molecule has 0 spiro atoms. The van der Waals surface area contributed by atoms with Gasteiger partial charge in [-0.1, -0.05) is 18.2 Å². The van der Waals surface area contributed by atoms with Crippen LogP contribution in [0, 0.1) is 6.92 Å². The van der Waals surface area contributed by atoms with E-state index in [4.69, 9.17) is 0 Å². The SMILES string of the molecule is Cc1ccc(S(=O)(=O)c2ccc(S(=O)(=O)N[C@H](CCCN3C(=O)c4ccccc4S3(=O)=O)C(=O)O)s2)nc1. The van der Waals surface area contributed by atoms with E-state index in [0.717, 1.165) is 17.7 Å². The number of rotatable bonds is 10. The molecule has 1 amide bonds. The van der Waals surface area contributed by atoms with Crippen LogP contribution in [-0.2, 0) is 34.7 Å². The Labute approximate surface area is 223 Å². The van der Waals surface area contributed by atoms with Crippen molar-refractivity contribution in [3.05, 3.63) is 65.9 Å². The topological polar surface area (TPSA) is 185 Å². The van der Waals surface area contributed by atoms with Crippen molar-refractivity contribution in [2.45, 2.75) is 44.1 Å². The van der Waals surface area contributed by atoms with Crippen LogP contribution in [0.15, 0.2) is 73.1 Å². The van der Waals surface area contributed by atoms with Gasteiger partial charge in [-0.2, -0.15) is 4.72 Å². The molecule has 1 aromatic carbocycles. The number of carboxylic acids is 1. The number of thiophene rings is 1. The summed E-state index contributed by atoms with van der Waals surface area (Å²) in [7, 11) is -12.6. The van der Waals surface area contributed by atoms with Gasteiger partial charge in [0.25, 0.3) is 26.0 Å². The molecule has 1 aliphatic rings. The molecule has 1 aliphatic heterocycles. The normalized spacial score (nSPS) is 15.8. The van der Waals surface area contributed by atoms with Gasteiger partial charge >= 0.3 is 5.97 Å². The van der Waals surface area contributed by atoms with Crippen molar-refractivity contribution in [2.24, 2.45) is 0 Å². The first-order valence-corrected chi connectivity index (χ1v) is 16.2. The van der Waals surface area contributed by atoms with Crippen molar-refractivity contribution in [3.63, 3.8) is 0 Å². The van der Waals surface area contributed by atoms with Crippen LogP contribution < -0.4 is 4.72 Å². The summed E-state index contributed by atoms with van der Waals surface area (Å²) in [5.74, 6) is -2.27. The van der Waals surface area contributed by atoms with Crippen molar-refractivity contribution < 1.29 is 39.9 Å². The lowest BCUT2D eigenvalue weighted by Gasteiger charge is -2.17. The molecule has 0 saturated carbocycles. The lowest BCUT2D eigenvalue weighted by molar-refractivity contribution is -0.139. The number of hydrogen-bond donors (Lipinski definition) is 2. The van der Waals surface area contributed by atoms with E-state index in [-0.39, 0.29) is 39.1 Å². The van der Waals surface area contributed by atoms with E-state index in [9.17, 15) is 39.9 Å². The molecular formula is C22H21N3O9S4. The maximum atomic E-state index is 12.9. The highest BCUT2D eigenvalue weighted by molar-refractivity contribution is 7.95. The minimum Gasteiger partial charge on any atom is -0.480 e. The molecular weight excluding hydrogens is 579 g/mol. The van der Waals surface area contributed by atoms with Crippen LogP contribution in [0.5, 0.6) is 0 Å². The second kappa shape index (κ2) is 10.2. The van der Waals surface area contributed by atoms with Gasteiger partial charge in [-0.05, 0) is 55.7 Å². The third kappa shape index (κ3) is 5.22. The average molecular weight is 600 g/mol. The van der Waals surface area contributed by atoms with Crippen LogP contribution in [0.25, 0.3) is 0 Å². The van der Waals surface area contributed by atoms with Gasteiger partial charge in [-0.25, -0.2) is 34.5 Å². The number of aromatic nitrogens is 1. The Morgan fingerprint density at radius 1 is 1.08 bits per heavy atom. The summed E-state index contributed by atoms with van der Waals surface area (Å²) >= 11 is 0.433. The standard InChI is InChI=1S/C22H21N3O9S4/c1-14-8-9-18(23-13-14)36(29,30)19-10-11-20(35-19)37(31,32)24-16(22(27)28)6-4-12-25-21(26)15-5-2-3-7-17(15)38(25,33)34/h2-3,5,7-11,13,16,24H,4,6,12H2,1H3,(H,27,28)/t16-/m1/s1. The fourth-order valence-electron chi connectivity index (χ4n) is 3.68. The van der Waals surface area contributed by atoms with Crippen molar-refractivity contribution >= 4 is 53.1 Å². The minimum absolute atomic E-state index is 0.00674. The molecule has 1 atom stereocenters. The van der Waals surface area contributed by atoms with Gasteiger partial charge < -0.3 is 5.11 Å². The molecule has 3 heterocycles. The summed E-state index contributed by atoms with van der Waals surface area (Å²) in [6.07, 6.45) is 0.867. The summed E-state index contributed by atoms with van der Waals surface area (Å²) in [5.41, 5.74) is 0.741. The van der Waals surface area contributed by atoms with Crippen molar-refractivity contribution in [2.75, 3.05) is 6.54 Å². The number of nitrogens with zero attached hydrogens (tertiary/aromatic N) is 2. The van der Waals surface area contributed by atoms with Crippen LogP contribution in [0.1, 0.15) is 28.8 Å². The summed E-state index contributed by atoms with van der Waals surface area (Å²) in [6, 6.07) is 8.96. The number of aliphatic carboxylic acids is 1. The molecule has 3 aromatic rings. The summed E-state index contributed by atoms with van der Waals surface area (Å²) < 4.78 is 78.5. The number of hydrogen-bond acceptors (Lipinski definition) is 10. The van der Waals surface area contributed by atoms with Crippen LogP contribution in [0.2, 0.25) is 0 Å². The molecule has 2 N–H and O–H groups in total. The van der Waals surface area contributed by atoms with E-state index < -0.39 is 52.0 Å². The third-order valence-electron chi connectivity index (χ3n) is 5.61. The number of fused-ring (bicyclic) bond motifs is 1. The fourth-order valence-corrected chi connectivity index (χ4v) is 9.58. The van der Waals surface area contributed by atoms with Gasteiger partial charge in [0.1, 0.15) is 19.4 Å². The number of nitrogens with one attached hydrogen (secondary N) is 1. The molecule has 0 unspecified atom stereocenters. The first kappa shape index (κ1) is 27.8. The van der Waals surface area contributed by atoms with Crippen molar-refractivity contribution in [1.82, 2.24) is 14.0 Å². The van der Waals surface area contributed by atoms with Crippen LogP contribution in [0.3, 0.4) is 0 Å². The number of carboxylic acid groups (broad SMARTS) is 1. The van der Waals surface area contributed by atoms with Crippen LogP contribution >= 0.6 is 11.3 Å². The quantitative estimate of drug-likeness (QED) is 0.347. The Balaban J connectivity index is 1.46. The third-order valence-corrected chi connectivity index (χ3v) is 12.7. The highest BCUT2D eigenvalue weighted by Crippen LogP contribution is 2.31. The molecule has 0 radical (unpaired) electrons. The Hall–Kier alpha value is -3.18. The zero-order chi connectivity index (χ0) is 27.9. The second-order valence-electron chi connectivity index (χ2n) is 8.28. The van der Waals surface area contributed by atoms with E-state index >= 15 is 0 Å². The number of benzene rings is 1. The first-order valence-electron chi connectivity index (χ1n) is 10.9. The van der Waals surface area contributed by atoms with Gasteiger partial charge in [0.15, 0.2) is 5.03 Å². The lowest BCUT2D eigenvalue weighted by atomic mass is 10.1. The van der Waals surface area contributed by atoms with E-state index in [0.29, 0.717) is 15.6 Å². The highest BCUT2D eigenvalue weighted by Gasteiger charge is 2.40. The smallest absolute Gasteiger partial charge is 0.321 e. The number of carbonyl (C=O) groups excluding carboxylic acids is 1. The molecule has 16 heteroatoms. The maximum Gasteiger partial charge on any atom is 0.321 e. The number of pyridine rings is 1. The van der Waals surface area contributed by atoms with Gasteiger partial charge in [-0.3, -0.25) is 9.59 Å². The Morgan fingerprint density at radius 2 is 1.76 bits per heavy atom. The number of amides is 1. The largest absolute Gasteiger partial charge is 0.480 e. The first-order chi connectivity index (χ1) is 17.7. The van der Waals surface area contributed by atoms with Crippen LogP contribution in [0.4, 0.5) is 0 Å². The Kier molecular flexibility index (Phi) is 7.46. The number of sulfonamides is 2. The molecule has 4 rings (SSSR count). The summed E-state index contributed by atoms with van der Waals surface area (Å²) in [5, 5.41) is 9.29. The van der Waals surface area contributed by atoms with E-state index in [2.05, 4.69) is 4.98 Å². The Bertz CT molecular complexity index is 1730. The molecule has 38 heavy (non-hydrogen) atoms. The maximum absolute atomic E-state index is 12.9. The number of carbonyl (C=O) groups is 2. The van der Waals surface area contributed by atoms with Gasteiger partial charge in [0.05, 0.1) is 5.56 Å². The van der Waals surface area contributed by atoms with Gasteiger partial charge in [-0.15, -0.1) is 11.3 Å². The molecule has 12 nitrogen and oxygen atoms in total. The van der Waals surface area contributed by atoms with Crippen molar-refractivity contribution in [3.8, 4) is 0 Å². The fraction of sp³-hybridized carbons (Fsp3) is 0.227. The molecule has 0 saturated heterocycles. The molecule has 0 fully saturated rings. The van der Waals surface area contributed by atoms with Gasteiger partial charge in [0.2, 0.25) is 9.84 Å².